The minimum absolute atomic E-state index is 0.0000329. The van der Waals surface area contributed by atoms with E-state index in [1.165, 1.54) is 0 Å². The van der Waals surface area contributed by atoms with Crippen LogP contribution in [-0.2, 0) is 20.9 Å². The maximum Gasteiger partial charge on any atom is 0.309 e. The molecular weight excluding hydrogens is 388 g/mol. The van der Waals surface area contributed by atoms with Gasteiger partial charge in [-0.25, -0.2) is 9.67 Å². The number of hydrogen-bond donors (Lipinski definition) is 0. The summed E-state index contributed by atoms with van der Waals surface area (Å²) in [7, 11) is 0. The first-order valence-corrected chi connectivity index (χ1v) is 10.8. The molecule has 0 saturated carbocycles. The average molecular weight is 413 g/mol. The number of nitrogens with zero attached hydrogens (tertiary/aromatic N) is 4. The van der Waals surface area contributed by atoms with Gasteiger partial charge in [-0.05, 0) is 44.2 Å². The molecule has 0 aliphatic carbocycles. The van der Waals surface area contributed by atoms with E-state index in [1.54, 1.807) is 22.2 Å². The van der Waals surface area contributed by atoms with Crippen LogP contribution >= 0.6 is 11.3 Å². The zero-order valence-corrected chi connectivity index (χ0v) is 17.4. The largest absolute Gasteiger partial charge is 0.466 e. The summed E-state index contributed by atoms with van der Waals surface area (Å²) < 4.78 is 6.80. The van der Waals surface area contributed by atoms with Crippen molar-refractivity contribution in [1.82, 2.24) is 19.7 Å². The lowest BCUT2D eigenvalue weighted by atomic mass is 9.97. The van der Waals surface area contributed by atoms with Crippen LogP contribution in [0, 0.1) is 12.8 Å². The van der Waals surface area contributed by atoms with Gasteiger partial charge in [-0.2, -0.15) is 5.10 Å². The van der Waals surface area contributed by atoms with Crippen molar-refractivity contribution in [1.29, 1.82) is 0 Å². The number of carbonyl (C=O) groups excluding carboxylic acids is 2. The van der Waals surface area contributed by atoms with E-state index < -0.39 is 0 Å². The molecule has 0 spiro atoms. The number of carbonyl (C=O) groups is 2. The van der Waals surface area contributed by atoms with Crippen LogP contribution in [0.3, 0.4) is 0 Å². The summed E-state index contributed by atoms with van der Waals surface area (Å²) in [5, 5.41) is 7.64. The normalized spacial score (nSPS) is 15.0. The van der Waals surface area contributed by atoms with E-state index in [9.17, 15) is 9.59 Å². The highest BCUT2D eigenvalue weighted by Gasteiger charge is 2.28. The van der Waals surface area contributed by atoms with Gasteiger partial charge in [-0.3, -0.25) is 9.59 Å². The number of thiophene rings is 1. The Morgan fingerprint density at radius 2 is 2.07 bits per heavy atom. The third-order valence-electron chi connectivity index (χ3n) is 5.35. The number of hydrogen-bond acceptors (Lipinski definition) is 6. The van der Waals surface area contributed by atoms with Gasteiger partial charge in [0.2, 0.25) is 5.91 Å². The molecular formula is C21H24N4O3S. The summed E-state index contributed by atoms with van der Waals surface area (Å²) in [6, 6.07) is 6.10. The average Bonchev–Trinajstić information content (AvgIpc) is 3.37. The maximum atomic E-state index is 12.9. The van der Waals surface area contributed by atoms with E-state index in [1.807, 2.05) is 36.3 Å². The third kappa shape index (κ3) is 3.89. The summed E-state index contributed by atoms with van der Waals surface area (Å²) in [6.45, 7) is 5.43. The Labute approximate surface area is 173 Å². The van der Waals surface area contributed by atoms with Crippen LogP contribution < -0.4 is 0 Å². The topological polar surface area (TPSA) is 77.3 Å². The highest BCUT2D eigenvalue weighted by atomic mass is 32.1. The quantitative estimate of drug-likeness (QED) is 0.601. The molecule has 1 saturated heterocycles. The Morgan fingerprint density at radius 1 is 1.28 bits per heavy atom. The van der Waals surface area contributed by atoms with E-state index in [4.69, 9.17) is 4.74 Å². The molecule has 0 unspecified atom stereocenters. The van der Waals surface area contributed by atoms with Crippen LogP contribution in [0.2, 0.25) is 0 Å². The summed E-state index contributed by atoms with van der Waals surface area (Å²) in [5.74, 6) is -0.263. The monoisotopic (exact) mass is 412 g/mol. The first kappa shape index (κ1) is 19.6. The van der Waals surface area contributed by atoms with Gasteiger partial charge in [0.15, 0.2) is 5.65 Å². The number of esters is 1. The van der Waals surface area contributed by atoms with Gasteiger partial charge in [0.1, 0.15) is 6.54 Å². The lowest BCUT2D eigenvalue weighted by molar-refractivity contribution is -0.151. The lowest BCUT2D eigenvalue weighted by Gasteiger charge is -2.30. The number of pyridine rings is 1. The van der Waals surface area contributed by atoms with Crippen molar-refractivity contribution in [2.45, 2.75) is 33.2 Å². The Hall–Kier alpha value is -2.74. The molecule has 7 nitrogen and oxygen atoms in total. The minimum Gasteiger partial charge on any atom is -0.466 e. The number of aryl methyl sites for hydroxylation is 1. The van der Waals surface area contributed by atoms with Gasteiger partial charge in [-0.15, -0.1) is 11.3 Å². The van der Waals surface area contributed by atoms with Crippen molar-refractivity contribution in [3.63, 3.8) is 0 Å². The molecule has 1 aliphatic heterocycles. The number of piperidine rings is 1. The fourth-order valence-corrected chi connectivity index (χ4v) is 4.64. The summed E-state index contributed by atoms with van der Waals surface area (Å²) in [6.07, 6.45) is 3.05. The predicted molar refractivity (Wildman–Crippen MR) is 112 cm³/mol. The van der Waals surface area contributed by atoms with Crippen LogP contribution in [0.25, 0.3) is 21.5 Å². The van der Waals surface area contributed by atoms with Crippen molar-refractivity contribution in [3.05, 3.63) is 35.5 Å². The second-order valence-corrected chi connectivity index (χ2v) is 8.13. The Kier molecular flexibility index (Phi) is 5.62. The first-order valence-electron chi connectivity index (χ1n) is 9.89. The van der Waals surface area contributed by atoms with E-state index >= 15 is 0 Å². The number of aromatic nitrogens is 3. The molecule has 3 aromatic rings. The van der Waals surface area contributed by atoms with Gasteiger partial charge in [0, 0.05) is 29.7 Å². The van der Waals surface area contributed by atoms with Gasteiger partial charge >= 0.3 is 5.97 Å². The molecule has 3 aromatic heterocycles. The molecule has 0 aromatic carbocycles. The van der Waals surface area contributed by atoms with E-state index in [0.29, 0.717) is 32.5 Å². The molecule has 1 aliphatic rings. The molecule has 0 bridgehead atoms. The van der Waals surface area contributed by atoms with Gasteiger partial charge in [0.05, 0.1) is 23.6 Å². The zero-order valence-electron chi connectivity index (χ0n) is 16.6. The number of rotatable bonds is 5. The SMILES string of the molecule is CCOC(=O)C1CCN(C(=O)Cn2nc(C)c3c(-c4cccs4)ccnc32)CC1. The van der Waals surface area contributed by atoms with Crippen molar-refractivity contribution in [2.24, 2.45) is 5.92 Å². The van der Waals surface area contributed by atoms with E-state index in [0.717, 1.165) is 27.2 Å². The lowest BCUT2D eigenvalue weighted by Crippen LogP contribution is -2.42. The van der Waals surface area contributed by atoms with Crippen LogP contribution in [0.5, 0.6) is 0 Å². The Bertz CT molecular complexity index is 1020. The highest BCUT2D eigenvalue weighted by molar-refractivity contribution is 7.13. The molecule has 0 radical (unpaired) electrons. The van der Waals surface area contributed by atoms with Crippen molar-refractivity contribution in [3.8, 4) is 10.4 Å². The number of likely N-dealkylation sites (tertiary alicyclic amines) is 1. The van der Waals surface area contributed by atoms with Crippen LogP contribution in [-0.4, -0.2) is 51.2 Å². The molecule has 0 atom stereocenters. The molecule has 1 amide bonds. The third-order valence-corrected chi connectivity index (χ3v) is 6.25. The fraction of sp³-hybridized carbons (Fsp3) is 0.429. The number of fused-ring (bicyclic) bond motifs is 1. The van der Waals surface area contributed by atoms with E-state index in [2.05, 4.69) is 16.1 Å². The second kappa shape index (κ2) is 8.32. The number of ether oxygens (including phenoxy) is 1. The second-order valence-electron chi connectivity index (χ2n) is 7.18. The van der Waals surface area contributed by atoms with Crippen molar-refractivity contribution in [2.75, 3.05) is 19.7 Å². The summed E-state index contributed by atoms with van der Waals surface area (Å²) in [4.78, 5) is 32.2. The van der Waals surface area contributed by atoms with Crippen LogP contribution in [0.4, 0.5) is 0 Å². The molecule has 4 heterocycles. The fourth-order valence-electron chi connectivity index (χ4n) is 3.88. The molecule has 8 heteroatoms. The van der Waals surface area contributed by atoms with Gasteiger partial charge in [0.25, 0.3) is 0 Å². The standard InChI is InChI=1S/C21H24N4O3S/c1-3-28-21(27)15-7-10-24(11-8-15)18(26)13-25-20-19(14(2)23-25)16(6-9-22-20)17-5-4-12-29-17/h4-6,9,12,15H,3,7-8,10-11,13H2,1-2H3. The van der Waals surface area contributed by atoms with Crippen LogP contribution in [0.15, 0.2) is 29.8 Å². The summed E-state index contributed by atoms with van der Waals surface area (Å²) in [5.41, 5.74) is 2.69. The van der Waals surface area contributed by atoms with Crippen molar-refractivity contribution < 1.29 is 14.3 Å². The first-order chi connectivity index (χ1) is 14.1. The zero-order chi connectivity index (χ0) is 20.4. The Balaban J connectivity index is 1.50. The maximum absolute atomic E-state index is 12.9. The molecule has 152 valence electrons. The molecule has 1 fully saturated rings. The molecule has 0 N–H and O–H groups in total. The van der Waals surface area contributed by atoms with Gasteiger partial charge in [-0.1, -0.05) is 6.07 Å². The van der Waals surface area contributed by atoms with Crippen molar-refractivity contribution >= 4 is 34.2 Å². The predicted octanol–water partition coefficient (Wildman–Crippen LogP) is 3.27. The minimum atomic E-state index is -0.154. The Morgan fingerprint density at radius 3 is 2.76 bits per heavy atom. The smallest absolute Gasteiger partial charge is 0.309 e. The molecule has 29 heavy (non-hydrogen) atoms. The highest BCUT2D eigenvalue weighted by Crippen LogP contribution is 2.32. The number of amides is 1. The summed E-state index contributed by atoms with van der Waals surface area (Å²) >= 11 is 1.67. The molecule has 4 rings (SSSR count). The van der Waals surface area contributed by atoms with E-state index in [-0.39, 0.29) is 24.3 Å². The van der Waals surface area contributed by atoms with Crippen LogP contribution in [0.1, 0.15) is 25.5 Å². The van der Waals surface area contributed by atoms with Gasteiger partial charge < -0.3 is 9.64 Å².